The third kappa shape index (κ3) is 3.02. The van der Waals surface area contributed by atoms with E-state index in [0.717, 1.165) is 0 Å². The van der Waals surface area contributed by atoms with Crippen molar-refractivity contribution in [1.29, 1.82) is 0 Å². The molecule has 76 valence electrons. The summed E-state index contributed by atoms with van der Waals surface area (Å²) in [5, 5.41) is 0. The molecule has 5 heteroatoms. The summed E-state index contributed by atoms with van der Waals surface area (Å²) in [6, 6.07) is 3.16. The molecule has 1 rings (SSSR count). The zero-order chi connectivity index (χ0) is 10.4. The molecule has 0 aliphatic heterocycles. The average molecular weight is 196 g/mol. The highest BCUT2D eigenvalue weighted by molar-refractivity contribution is 5.90. The third-order valence-electron chi connectivity index (χ3n) is 1.54. The monoisotopic (exact) mass is 196 g/mol. The predicted molar refractivity (Wildman–Crippen MR) is 50.1 cm³/mol. The number of ether oxygens (including phenoxy) is 2. The molecule has 0 bridgehead atoms. The zero-order valence-corrected chi connectivity index (χ0v) is 7.90. The summed E-state index contributed by atoms with van der Waals surface area (Å²) in [5.74, 6) is 0.0421. The Morgan fingerprint density at radius 2 is 2.29 bits per heavy atom. The highest BCUT2D eigenvalue weighted by Crippen LogP contribution is 2.08. The normalized spacial score (nSPS) is 9.79. The van der Waals surface area contributed by atoms with Crippen LogP contribution in [0.15, 0.2) is 18.3 Å². The Bertz CT molecular complexity index is 297. The lowest BCUT2D eigenvalue weighted by molar-refractivity contribution is 0.0995. The van der Waals surface area contributed by atoms with E-state index in [0.29, 0.717) is 19.0 Å². The molecule has 0 aromatic carbocycles. The van der Waals surface area contributed by atoms with E-state index in [-0.39, 0.29) is 5.69 Å². The van der Waals surface area contributed by atoms with Crippen LogP contribution in [0.2, 0.25) is 0 Å². The fraction of sp³-hybridized carbons (Fsp3) is 0.333. The molecule has 0 aliphatic rings. The number of hydrogen-bond donors (Lipinski definition) is 1. The maximum atomic E-state index is 10.7. The van der Waals surface area contributed by atoms with E-state index in [1.165, 1.54) is 12.3 Å². The summed E-state index contributed by atoms with van der Waals surface area (Å²) in [5.41, 5.74) is 5.25. The van der Waals surface area contributed by atoms with Crippen LogP contribution in [0, 0.1) is 0 Å². The van der Waals surface area contributed by atoms with E-state index < -0.39 is 5.91 Å². The van der Waals surface area contributed by atoms with Crippen LogP contribution in [0.3, 0.4) is 0 Å². The van der Waals surface area contributed by atoms with Gasteiger partial charge in [0.25, 0.3) is 5.91 Å². The SMILES string of the molecule is COCCOc1ccc(C(N)=O)nc1. The van der Waals surface area contributed by atoms with Crippen LogP contribution >= 0.6 is 0 Å². The number of nitrogens with zero attached hydrogens (tertiary/aromatic N) is 1. The van der Waals surface area contributed by atoms with Crippen molar-refractivity contribution >= 4 is 5.91 Å². The second-order valence-corrected chi connectivity index (χ2v) is 2.58. The summed E-state index contributed by atoms with van der Waals surface area (Å²) in [4.78, 5) is 14.5. The van der Waals surface area contributed by atoms with Crippen LogP contribution in [0.4, 0.5) is 0 Å². The first-order valence-corrected chi connectivity index (χ1v) is 4.11. The third-order valence-corrected chi connectivity index (χ3v) is 1.54. The Morgan fingerprint density at radius 3 is 2.79 bits per heavy atom. The van der Waals surface area contributed by atoms with Gasteiger partial charge in [-0.3, -0.25) is 4.79 Å². The van der Waals surface area contributed by atoms with Gasteiger partial charge in [0.05, 0.1) is 12.8 Å². The lowest BCUT2D eigenvalue weighted by Crippen LogP contribution is -2.12. The molecule has 1 aromatic rings. The summed E-state index contributed by atoms with van der Waals surface area (Å²) in [7, 11) is 1.60. The van der Waals surface area contributed by atoms with Crippen LogP contribution in [-0.2, 0) is 4.74 Å². The molecule has 1 amide bonds. The number of hydrogen-bond acceptors (Lipinski definition) is 4. The number of rotatable bonds is 5. The number of nitrogens with two attached hydrogens (primary N) is 1. The predicted octanol–water partition coefficient (Wildman–Crippen LogP) is 0.206. The summed E-state index contributed by atoms with van der Waals surface area (Å²) < 4.78 is 10.0. The summed E-state index contributed by atoms with van der Waals surface area (Å²) in [6.07, 6.45) is 1.45. The number of carbonyl (C=O) groups is 1. The zero-order valence-electron chi connectivity index (χ0n) is 7.90. The van der Waals surface area contributed by atoms with E-state index in [1.54, 1.807) is 13.2 Å². The number of carbonyl (C=O) groups excluding carboxylic acids is 1. The molecule has 2 N–H and O–H groups in total. The van der Waals surface area contributed by atoms with Crippen molar-refractivity contribution in [3.05, 3.63) is 24.0 Å². The van der Waals surface area contributed by atoms with Crippen molar-refractivity contribution in [2.24, 2.45) is 5.73 Å². The lowest BCUT2D eigenvalue weighted by Gasteiger charge is -2.04. The van der Waals surface area contributed by atoms with Gasteiger partial charge in [-0.05, 0) is 12.1 Å². The smallest absolute Gasteiger partial charge is 0.267 e. The molecule has 0 aliphatic carbocycles. The van der Waals surface area contributed by atoms with Crippen LogP contribution < -0.4 is 10.5 Å². The Labute approximate surface area is 81.8 Å². The molecule has 0 unspecified atom stereocenters. The molecular formula is C9H12N2O3. The molecule has 0 saturated carbocycles. The standard InChI is InChI=1S/C9H12N2O3/c1-13-4-5-14-7-2-3-8(9(10)12)11-6-7/h2-3,6H,4-5H2,1H3,(H2,10,12). The molecule has 0 fully saturated rings. The first-order chi connectivity index (χ1) is 6.74. The molecule has 1 heterocycles. The van der Waals surface area contributed by atoms with Gasteiger partial charge in [0.15, 0.2) is 0 Å². The second-order valence-electron chi connectivity index (χ2n) is 2.58. The maximum Gasteiger partial charge on any atom is 0.267 e. The molecule has 0 radical (unpaired) electrons. The van der Waals surface area contributed by atoms with E-state index in [1.807, 2.05) is 0 Å². The van der Waals surface area contributed by atoms with Gasteiger partial charge in [0.1, 0.15) is 18.1 Å². The Morgan fingerprint density at radius 1 is 1.50 bits per heavy atom. The van der Waals surface area contributed by atoms with Crippen molar-refractivity contribution in [2.75, 3.05) is 20.3 Å². The Kier molecular flexibility index (Phi) is 3.87. The van der Waals surface area contributed by atoms with Crippen LogP contribution in [0.25, 0.3) is 0 Å². The molecule has 0 saturated heterocycles. The highest BCUT2D eigenvalue weighted by Gasteiger charge is 2.01. The van der Waals surface area contributed by atoms with E-state index >= 15 is 0 Å². The van der Waals surface area contributed by atoms with Crippen molar-refractivity contribution in [3.63, 3.8) is 0 Å². The number of pyridine rings is 1. The van der Waals surface area contributed by atoms with Gasteiger partial charge in [0.2, 0.25) is 0 Å². The van der Waals surface area contributed by atoms with Gasteiger partial charge >= 0.3 is 0 Å². The van der Waals surface area contributed by atoms with Crippen molar-refractivity contribution in [1.82, 2.24) is 4.98 Å². The average Bonchev–Trinajstić information content (AvgIpc) is 2.19. The summed E-state index contributed by atoms with van der Waals surface area (Å²) >= 11 is 0. The molecular weight excluding hydrogens is 184 g/mol. The van der Waals surface area contributed by atoms with Crippen LogP contribution in [-0.4, -0.2) is 31.2 Å². The van der Waals surface area contributed by atoms with Crippen molar-refractivity contribution in [3.8, 4) is 5.75 Å². The highest BCUT2D eigenvalue weighted by atomic mass is 16.5. The lowest BCUT2D eigenvalue weighted by atomic mass is 10.3. The molecule has 0 spiro atoms. The fourth-order valence-electron chi connectivity index (χ4n) is 0.854. The van der Waals surface area contributed by atoms with Gasteiger partial charge in [-0.25, -0.2) is 4.98 Å². The number of methoxy groups -OCH3 is 1. The first-order valence-electron chi connectivity index (χ1n) is 4.11. The largest absolute Gasteiger partial charge is 0.490 e. The van der Waals surface area contributed by atoms with E-state index in [2.05, 4.69) is 4.98 Å². The summed E-state index contributed by atoms with van der Waals surface area (Å²) in [6.45, 7) is 0.964. The molecule has 1 aromatic heterocycles. The first kappa shape index (κ1) is 10.5. The van der Waals surface area contributed by atoms with E-state index in [4.69, 9.17) is 15.2 Å². The second kappa shape index (κ2) is 5.18. The number of amides is 1. The molecule has 14 heavy (non-hydrogen) atoms. The minimum Gasteiger partial charge on any atom is -0.490 e. The number of primary amides is 1. The minimum atomic E-state index is -0.548. The van der Waals surface area contributed by atoms with Crippen molar-refractivity contribution in [2.45, 2.75) is 0 Å². The minimum absolute atomic E-state index is 0.226. The number of aromatic nitrogens is 1. The van der Waals surface area contributed by atoms with Gasteiger partial charge in [-0.2, -0.15) is 0 Å². The van der Waals surface area contributed by atoms with Gasteiger partial charge < -0.3 is 15.2 Å². The van der Waals surface area contributed by atoms with Crippen molar-refractivity contribution < 1.29 is 14.3 Å². The molecule has 5 nitrogen and oxygen atoms in total. The van der Waals surface area contributed by atoms with Crippen LogP contribution in [0.5, 0.6) is 5.75 Å². The van der Waals surface area contributed by atoms with Crippen LogP contribution in [0.1, 0.15) is 10.5 Å². The Balaban J connectivity index is 2.51. The van der Waals surface area contributed by atoms with Gasteiger partial charge in [0, 0.05) is 7.11 Å². The Hall–Kier alpha value is -1.62. The van der Waals surface area contributed by atoms with Gasteiger partial charge in [-0.1, -0.05) is 0 Å². The van der Waals surface area contributed by atoms with E-state index in [9.17, 15) is 4.79 Å². The van der Waals surface area contributed by atoms with Gasteiger partial charge in [-0.15, -0.1) is 0 Å². The molecule has 0 atom stereocenters. The maximum absolute atomic E-state index is 10.7. The fourth-order valence-corrected chi connectivity index (χ4v) is 0.854. The topological polar surface area (TPSA) is 74.4 Å². The quantitative estimate of drug-likeness (QED) is 0.683.